The van der Waals surface area contributed by atoms with Gasteiger partial charge in [-0.2, -0.15) is 4.58 Å². The molecule has 1 aliphatic rings. The molecule has 0 saturated carbocycles. The van der Waals surface area contributed by atoms with Crippen LogP contribution >= 0.6 is 0 Å². The molecule has 0 aromatic heterocycles. The first-order valence-electron chi connectivity index (χ1n) is 10.9. The molecule has 4 nitrogen and oxygen atoms in total. The van der Waals surface area contributed by atoms with Gasteiger partial charge in [0.2, 0.25) is 5.69 Å². The number of carboxylic acids is 1. The van der Waals surface area contributed by atoms with Gasteiger partial charge in [-0.1, -0.05) is 19.4 Å². The molecule has 0 fully saturated rings. The fraction of sp³-hybridized carbons (Fsp3) is 0.520. The van der Waals surface area contributed by atoms with Crippen LogP contribution in [0.1, 0.15) is 71.8 Å². The Balaban J connectivity index is 1.81. The molecule has 1 N–H and O–H groups in total. The average molecular weight is 397 g/mol. The van der Waals surface area contributed by atoms with Crippen LogP contribution in [0.15, 0.2) is 30.3 Å². The SMILES string of the molecule is CCCC[N+]1=C(C)C(C)(C)c2c1ccc1ccc(OCCCCCC(=O)O)cc21. The van der Waals surface area contributed by atoms with E-state index in [9.17, 15) is 4.79 Å². The van der Waals surface area contributed by atoms with Crippen molar-refractivity contribution in [2.45, 2.75) is 71.6 Å². The third-order valence-electron chi connectivity index (χ3n) is 6.24. The van der Waals surface area contributed by atoms with E-state index in [4.69, 9.17) is 9.84 Å². The second-order valence-electron chi connectivity index (χ2n) is 8.61. The van der Waals surface area contributed by atoms with E-state index in [-0.39, 0.29) is 11.8 Å². The van der Waals surface area contributed by atoms with Crippen LogP contribution in [-0.4, -0.2) is 34.5 Å². The van der Waals surface area contributed by atoms with Crippen LogP contribution in [0, 0.1) is 0 Å². The van der Waals surface area contributed by atoms with Crippen LogP contribution in [0.25, 0.3) is 10.8 Å². The van der Waals surface area contributed by atoms with Gasteiger partial charge in [-0.3, -0.25) is 4.79 Å². The number of unbranched alkanes of at least 4 members (excludes halogenated alkanes) is 3. The molecule has 156 valence electrons. The molecule has 0 saturated heterocycles. The van der Waals surface area contributed by atoms with Gasteiger partial charge in [0, 0.05) is 31.4 Å². The molecule has 4 heteroatoms. The molecule has 0 aliphatic carbocycles. The predicted molar refractivity (Wildman–Crippen MR) is 119 cm³/mol. The quantitative estimate of drug-likeness (QED) is 0.392. The zero-order chi connectivity index (χ0) is 21.0. The standard InChI is InChI=1S/C25H33NO3/c1-5-6-15-26-18(2)25(3,4)24-21-17-20(13-11-19(21)12-14-22(24)26)29-16-9-7-8-10-23(27)28/h11-14,17H,5-10,15-16H2,1-4H3/p+1. The van der Waals surface area contributed by atoms with Crippen molar-refractivity contribution in [3.8, 4) is 5.75 Å². The second kappa shape index (κ2) is 8.98. The zero-order valence-corrected chi connectivity index (χ0v) is 18.3. The molecule has 2 aromatic carbocycles. The fourth-order valence-electron chi connectivity index (χ4n) is 4.31. The summed E-state index contributed by atoms with van der Waals surface area (Å²) in [6, 6.07) is 10.9. The summed E-state index contributed by atoms with van der Waals surface area (Å²) >= 11 is 0. The van der Waals surface area contributed by atoms with Gasteiger partial charge in [0.1, 0.15) is 12.3 Å². The summed E-state index contributed by atoms with van der Waals surface area (Å²) in [5.41, 5.74) is 4.14. The highest BCUT2D eigenvalue weighted by atomic mass is 16.5. The van der Waals surface area contributed by atoms with Gasteiger partial charge in [0.05, 0.1) is 12.0 Å². The van der Waals surface area contributed by atoms with Crippen molar-refractivity contribution in [2.75, 3.05) is 13.2 Å². The number of carbonyl (C=O) groups is 1. The summed E-state index contributed by atoms with van der Waals surface area (Å²) in [5, 5.41) is 11.2. The smallest absolute Gasteiger partial charge is 0.303 e. The minimum absolute atomic E-state index is 0.00194. The Kier molecular flexibility index (Phi) is 6.61. The Morgan fingerprint density at radius 3 is 2.59 bits per heavy atom. The van der Waals surface area contributed by atoms with Crippen LogP contribution in [0.4, 0.5) is 5.69 Å². The first-order chi connectivity index (χ1) is 13.9. The topological polar surface area (TPSA) is 49.5 Å². The lowest BCUT2D eigenvalue weighted by atomic mass is 9.80. The van der Waals surface area contributed by atoms with Crippen molar-refractivity contribution in [3.63, 3.8) is 0 Å². The molecule has 0 atom stereocenters. The van der Waals surface area contributed by atoms with Crippen molar-refractivity contribution in [1.29, 1.82) is 0 Å². The summed E-state index contributed by atoms with van der Waals surface area (Å²) < 4.78 is 8.49. The number of aliphatic carboxylic acids is 1. The average Bonchev–Trinajstić information content (AvgIpc) is 2.88. The molecule has 0 unspecified atom stereocenters. The molecular weight excluding hydrogens is 362 g/mol. The van der Waals surface area contributed by atoms with Crippen molar-refractivity contribution >= 4 is 28.1 Å². The Morgan fingerprint density at radius 2 is 1.86 bits per heavy atom. The monoisotopic (exact) mass is 396 g/mol. The normalized spacial score (nSPS) is 15.0. The summed E-state index contributed by atoms with van der Waals surface area (Å²) in [4.78, 5) is 10.6. The molecule has 1 aliphatic heterocycles. The maximum atomic E-state index is 10.6. The van der Waals surface area contributed by atoms with E-state index in [1.54, 1.807) is 0 Å². The minimum Gasteiger partial charge on any atom is -0.494 e. The second-order valence-corrected chi connectivity index (χ2v) is 8.61. The molecule has 1 heterocycles. The Hall–Kier alpha value is -2.36. The number of benzene rings is 2. The zero-order valence-electron chi connectivity index (χ0n) is 18.3. The molecule has 0 spiro atoms. The van der Waals surface area contributed by atoms with Crippen molar-refractivity contribution in [3.05, 3.63) is 35.9 Å². The lowest BCUT2D eigenvalue weighted by Crippen LogP contribution is -2.26. The van der Waals surface area contributed by atoms with E-state index in [1.807, 2.05) is 6.07 Å². The molecular formula is C25H34NO3+. The van der Waals surface area contributed by atoms with E-state index in [1.165, 1.54) is 40.6 Å². The van der Waals surface area contributed by atoms with Crippen LogP contribution in [0.5, 0.6) is 5.75 Å². The first-order valence-corrected chi connectivity index (χ1v) is 10.9. The molecule has 29 heavy (non-hydrogen) atoms. The molecule has 0 amide bonds. The van der Waals surface area contributed by atoms with Gasteiger partial charge in [-0.05, 0) is 62.1 Å². The van der Waals surface area contributed by atoms with Crippen LogP contribution in [0.2, 0.25) is 0 Å². The molecule has 2 aromatic rings. The van der Waals surface area contributed by atoms with Crippen LogP contribution in [-0.2, 0) is 10.2 Å². The van der Waals surface area contributed by atoms with Gasteiger partial charge in [0.25, 0.3) is 0 Å². The maximum absolute atomic E-state index is 10.6. The van der Waals surface area contributed by atoms with Gasteiger partial charge >= 0.3 is 5.97 Å². The molecule has 3 rings (SSSR count). The van der Waals surface area contributed by atoms with E-state index in [2.05, 4.69) is 56.5 Å². The van der Waals surface area contributed by atoms with Gasteiger partial charge in [-0.15, -0.1) is 0 Å². The lowest BCUT2D eigenvalue weighted by molar-refractivity contribution is -0.439. The Labute approximate surface area is 174 Å². The van der Waals surface area contributed by atoms with E-state index < -0.39 is 5.97 Å². The predicted octanol–water partition coefficient (Wildman–Crippen LogP) is 6.06. The van der Waals surface area contributed by atoms with Gasteiger partial charge < -0.3 is 9.84 Å². The third-order valence-corrected chi connectivity index (χ3v) is 6.24. The number of hydrogen-bond acceptors (Lipinski definition) is 2. The highest BCUT2D eigenvalue weighted by molar-refractivity contribution is 6.02. The third kappa shape index (κ3) is 4.47. The highest BCUT2D eigenvalue weighted by Gasteiger charge is 2.43. The summed E-state index contributed by atoms with van der Waals surface area (Å²) in [5.74, 6) is 0.168. The first kappa shape index (κ1) is 21.4. The van der Waals surface area contributed by atoms with Crippen LogP contribution in [0.3, 0.4) is 0 Å². The number of rotatable bonds is 10. The van der Waals surface area contributed by atoms with E-state index in [0.29, 0.717) is 13.0 Å². The molecule has 0 bridgehead atoms. The number of fused-ring (bicyclic) bond motifs is 3. The highest BCUT2D eigenvalue weighted by Crippen LogP contribution is 2.44. The summed E-state index contributed by atoms with van der Waals surface area (Å²) in [7, 11) is 0. The Morgan fingerprint density at radius 1 is 1.10 bits per heavy atom. The van der Waals surface area contributed by atoms with Gasteiger partial charge in [-0.25, -0.2) is 0 Å². The number of ether oxygens (including phenoxy) is 1. The fourth-order valence-corrected chi connectivity index (χ4v) is 4.31. The molecule has 0 radical (unpaired) electrons. The largest absolute Gasteiger partial charge is 0.494 e. The lowest BCUT2D eigenvalue weighted by Gasteiger charge is -2.18. The van der Waals surface area contributed by atoms with E-state index >= 15 is 0 Å². The number of nitrogens with zero attached hydrogens (tertiary/aromatic N) is 1. The Bertz CT molecular complexity index is 927. The minimum atomic E-state index is -0.725. The maximum Gasteiger partial charge on any atom is 0.303 e. The van der Waals surface area contributed by atoms with Gasteiger partial charge in [0.15, 0.2) is 5.71 Å². The summed E-state index contributed by atoms with van der Waals surface area (Å²) in [6.07, 6.45) is 5.08. The van der Waals surface area contributed by atoms with Crippen LogP contribution < -0.4 is 4.74 Å². The van der Waals surface area contributed by atoms with Crippen molar-refractivity contribution < 1.29 is 19.2 Å². The summed E-state index contributed by atoms with van der Waals surface area (Å²) in [6.45, 7) is 10.8. The van der Waals surface area contributed by atoms with Crippen molar-refractivity contribution in [2.24, 2.45) is 0 Å². The van der Waals surface area contributed by atoms with Crippen molar-refractivity contribution in [1.82, 2.24) is 0 Å². The number of hydrogen-bond donors (Lipinski definition) is 1. The number of carboxylic acid groups (broad SMARTS) is 1. The van der Waals surface area contributed by atoms with E-state index in [0.717, 1.165) is 25.1 Å².